The van der Waals surface area contributed by atoms with Crippen LogP contribution in [-0.2, 0) is 14.3 Å². The summed E-state index contributed by atoms with van der Waals surface area (Å²) in [4.78, 5) is 25.3. The van der Waals surface area contributed by atoms with Crippen molar-refractivity contribution in [2.45, 2.75) is 69.7 Å². The highest BCUT2D eigenvalue weighted by Crippen LogP contribution is 2.25. The lowest BCUT2D eigenvalue weighted by molar-refractivity contribution is -0.130. The van der Waals surface area contributed by atoms with Gasteiger partial charge in [0.25, 0.3) is 0 Å². The van der Waals surface area contributed by atoms with Crippen molar-refractivity contribution in [3.05, 3.63) is 0 Å². The maximum absolute atomic E-state index is 12.1. The lowest BCUT2D eigenvalue weighted by Gasteiger charge is -2.33. The van der Waals surface area contributed by atoms with Crippen LogP contribution in [0.1, 0.15) is 45.4 Å². The van der Waals surface area contributed by atoms with Gasteiger partial charge < -0.3 is 25.4 Å². The van der Waals surface area contributed by atoms with Crippen molar-refractivity contribution in [2.24, 2.45) is 5.92 Å². The van der Waals surface area contributed by atoms with Gasteiger partial charge in [-0.25, -0.2) is 0 Å². The Morgan fingerprint density at radius 2 is 1.84 bits per heavy atom. The van der Waals surface area contributed by atoms with Gasteiger partial charge in [-0.3, -0.25) is 9.59 Å². The summed E-state index contributed by atoms with van der Waals surface area (Å²) in [6.45, 7) is 3.96. The molecule has 7 nitrogen and oxygen atoms in total. The fourth-order valence-corrected chi connectivity index (χ4v) is 4.21. The minimum Gasteiger partial charge on any atom is -0.389 e. The van der Waals surface area contributed by atoms with E-state index in [-0.39, 0.29) is 29.9 Å². The van der Waals surface area contributed by atoms with E-state index in [1.807, 2.05) is 4.90 Å². The maximum atomic E-state index is 12.1. The summed E-state index contributed by atoms with van der Waals surface area (Å²) in [6.07, 6.45) is 5.04. The molecule has 3 fully saturated rings. The van der Waals surface area contributed by atoms with Gasteiger partial charge in [-0.15, -0.1) is 0 Å². The van der Waals surface area contributed by atoms with E-state index >= 15 is 0 Å². The zero-order chi connectivity index (χ0) is 17.8. The molecule has 1 saturated carbocycles. The summed E-state index contributed by atoms with van der Waals surface area (Å²) in [5.41, 5.74) is 0. The molecule has 7 heteroatoms. The molecule has 3 unspecified atom stereocenters. The van der Waals surface area contributed by atoms with Crippen molar-refractivity contribution < 1.29 is 19.4 Å². The SMILES string of the molecule is CC(=O)N1CCC(NC2COC(CNC(=O)C3CCCC3)C2O)CC1. The predicted molar refractivity (Wildman–Crippen MR) is 92.9 cm³/mol. The van der Waals surface area contributed by atoms with Crippen LogP contribution in [0.15, 0.2) is 0 Å². The van der Waals surface area contributed by atoms with Gasteiger partial charge in [0.1, 0.15) is 6.10 Å². The van der Waals surface area contributed by atoms with Crippen LogP contribution in [0.2, 0.25) is 0 Å². The molecule has 0 aromatic carbocycles. The van der Waals surface area contributed by atoms with Crippen LogP contribution in [0.25, 0.3) is 0 Å². The zero-order valence-corrected chi connectivity index (χ0v) is 15.1. The Morgan fingerprint density at radius 1 is 1.16 bits per heavy atom. The highest BCUT2D eigenvalue weighted by molar-refractivity contribution is 5.78. The third-order valence-corrected chi connectivity index (χ3v) is 5.88. The summed E-state index contributed by atoms with van der Waals surface area (Å²) < 4.78 is 5.70. The highest BCUT2D eigenvalue weighted by Gasteiger charge is 2.38. The molecule has 2 saturated heterocycles. The van der Waals surface area contributed by atoms with Crippen LogP contribution >= 0.6 is 0 Å². The minimum atomic E-state index is -0.616. The van der Waals surface area contributed by atoms with Gasteiger partial charge in [-0.1, -0.05) is 12.8 Å². The van der Waals surface area contributed by atoms with E-state index in [0.29, 0.717) is 19.2 Å². The van der Waals surface area contributed by atoms with E-state index in [9.17, 15) is 14.7 Å². The molecule has 0 aromatic heterocycles. The van der Waals surface area contributed by atoms with Gasteiger partial charge in [0.15, 0.2) is 0 Å². The summed E-state index contributed by atoms with van der Waals surface area (Å²) in [5.74, 6) is 0.362. The number of likely N-dealkylation sites (tertiary alicyclic amines) is 1. The number of carbonyl (C=O) groups is 2. The van der Waals surface area contributed by atoms with E-state index in [2.05, 4.69) is 10.6 Å². The average molecular weight is 353 g/mol. The minimum absolute atomic E-state index is 0.0984. The Bertz CT molecular complexity index is 473. The smallest absolute Gasteiger partial charge is 0.223 e. The first-order chi connectivity index (χ1) is 12.0. The Morgan fingerprint density at radius 3 is 2.48 bits per heavy atom. The summed E-state index contributed by atoms with van der Waals surface area (Å²) in [6, 6.07) is 0.188. The molecule has 3 aliphatic rings. The topological polar surface area (TPSA) is 90.9 Å². The second-order valence-electron chi connectivity index (χ2n) is 7.64. The number of hydrogen-bond donors (Lipinski definition) is 3. The monoisotopic (exact) mass is 353 g/mol. The molecule has 3 rings (SSSR count). The standard InChI is InChI=1S/C18H31N3O4/c1-12(22)21-8-6-14(7-9-21)20-15-11-25-16(17(15)23)10-19-18(24)13-4-2-3-5-13/h13-17,20,23H,2-11H2,1H3,(H,19,24). The molecule has 0 bridgehead atoms. The number of rotatable bonds is 5. The largest absolute Gasteiger partial charge is 0.389 e. The second kappa shape index (κ2) is 8.47. The normalized spacial score (nSPS) is 31.4. The summed E-state index contributed by atoms with van der Waals surface area (Å²) in [5, 5.41) is 16.9. The van der Waals surface area contributed by atoms with Gasteiger partial charge in [0.05, 0.1) is 18.8 Å². The number of aliphatic hydroxyl groups excluding tert-OH is 1. The third kappa shape index (κ3) is 4.71. The lowest BCUT2D eigenvalue weighted by atomic mass is 10.0. The molecule has 2 amide bonds. The summed E-state index contributed by atoms with van der Waals surface area (Å²) >= 11 is 0. The highest BCUT2D eigenvalue weighted by atomic mass is 16.5. The molecular formula is C18H31N3O4. The van der Waals surface area contributed by atoms with Crippen molar-refractivity contribution >= 4 is 11.8 Å². The van der Waals surface area contributed by atoms with Crippen molar-refractivity contribution in [3.8, 4) is 0 Å². The average Bonchev–Trinajstić information content (AvgIpc) is 3.25. The van der Waals surface area contributed by atoms with Gasteiger partial charge in [0, 0.05) is 38.5 Å². The molecule has 2 heterocycles. The zero-order valence-electron chi connectivity index (χ0n) is 15.1. The molecule has 1 aliphatic carbocycles. The molecule has 0 spiro atoms. The Kier molecular flexibility index (Phi) is 6.30. The van der Waals surface area contributed by atoms with Crippen LogP contribution in [0.4, 0.5) is 0 Å². The Labute approximate surface area is 149 Å². The van der Waals surface area contributed by atoms with Crippen molar-refractivity contribution in [1.82, 2.24) is 15.5 Å². The number of ether oxygens (including phenoxy) is 1. The first kappa shape index (κ1) is 18.6. The van der Waals surface area contributed by atoms with Crippen molar-refractivity contribution in [2.75, 3.05) is 26.2 Å². The van der Waals surface area contributed by atoms with E-state index in [1.165, 1.54) is 0 Å². The number of amides is 2. The van der Waals surface area contributed by atoms with Gasteiger partial charge >= 0.3 is 0 Å². The van der Waals surface area contributed by atoms with Gasteiger partial charge in [-0.05, 0) is 25.7 Å². The third-order valence-electron chi connectivity index (χ3n) is 5.88. The molecule has 2 aliphatic heterocycles. The van der Waals surface area contributed by atoms with Gasteiger partial charge in [-0.2, -0.15) is 0 Å². The van der Waals surface area contributed by atoms with Crippen LogP contribution in [0, 0.1) is 5.92 Å². The van der Waals surface area contributed by atoms with E-state index < -0.39 is 6.10 Å². The van der Waals surface area contributed by atoms with Gasteiger partial charge in [0.2, 0.25) is 11.8 Å². The maximum Gasteiger partial charge on any atom is 0.223 e. The summed E-state index contributed by atoms with van der Waals surface area (Å²) in [7, 11) is 0. The molecular weight excluding hydrogens is 322 g/mol. The van der Waals surface area contributed by atoms with Crippen LogP contribution in [0.5, 0.6) is 0 Å². The number of hydrogen-bond acceptors (Lipinski definition) is 5. The Hall–Kier alpha value is -1.18. The lowest BCUT2D eigenvalue weighted by Crippen LogP contribution is -2.52. The molecule has 3 atom stereocenters. The fraction of sp³-hybridized carbons (Fsp3) is 0.889. The Balaban J connectivity index is 1.39. The molecule has 25 heavy (non-hydrogen) atoms. The van der Waals surface area contributed by atoms with Crippen LogP contribution in [-0.4, -0.2) is 72.4 Å². The molecule has 0 radical (unpaired) electrons. The second-order valence-corrected chi connectivity index (χ2v) is 7.64. The van der Waals surface area contributed by atoms with Crippen molar-refractivity contribution in [3.63, 3.8) is 0 Å². The fourth-order valence-electron chi connectivity index (χ4n) is 4.21. The van der Waals surface area contributed by atoms with E-state index in [4.69, 9.17) is 4.74 Å². The number of nitrogens with zero attached hydrogens (tertiary/aromatic N) is 1. The van der Waals surface area contributed by atoms with Crippen LogP contribution < -0.4 is 10.6 Å². The number of aliphatic hydroxyl groups is 1. The quantitative estimate of drug-likeness (QED) is 0.648. The number of piperidine rings is 1. The molecule has 0 aromatic rings. The number of nitrogens with one attached hydrogen (secondary N) is 2. The first-order valence-corrected chi connectivity index (χ1v) is 9.63. The first-order valence-electron chi connectivity index (χ1n) is 9.63. The molecule has 3 N–H and O–H groups in total. The van der Waals surface area contributed by atoms with E-state index in [0.717, 1.165) is 51.6 Å². The van der Waals surface area contributed by atoms with Crippen LogP contribution in [0.3, 0.4) is 0 Å². The predicted octanol–water partition coefficient (Wildman–Crippen LogP) is 0.0216. The van der Waals surface area contributed by atoms with Crippen molar-refractivity contribution in [1.29, 1.82) is 0 Å². The molecule has 142 valence electrons. The van der Waals surface area contributed by atoms with E-state index in [1.54, 1.807) is 6.92 Å². The number of carbonyl (C=O) groups excluding carboxylic acids is 2.